The van der Waals surface area contributed by atoms with Gasteiger partial charge in [0, 0.05) is 23.2 Å². The lowest BCUT2D eigenvalue weighted by Crippen LogP contribution is -2.26. The van der Waals surface area contributed by atoms with E-state index in [2.05, 4.69) is 20.6 Å². The van der Waals surface area contributed by atoms with Crippen molar-refractivity contribution in [2.45, 2.75) is 13.5 Å². The molecule has 33 heavy (non-hydrogen) atoms. The van der Waals surface area contributed by atoms with Crippen molar-refractivity contribution in [3.05, 3.63) is 101 Å². The first-order valence-electron chi connectivity index (χ1n) is 10.5. The minimum atomic E-state index is -0.412. The Hall–Kier alpha value is -4.59. The van der Waals surface area contributed by atoms with E-state index in [0.29, 0.717) is 22.1 Å². The number of aromatic nitrogens is 5. The second kappa shape index (κ2) is 8.51. The number of benzene rings is 3. The summed E-state index contributed by atoms with van der Waals surface area (Å²) in [6.45, 7) is 2.74. The molecule has 8 nitrogen and oxygen atoms in total. The number of carbonyl (C=O) groups excluding carboxylic acids is 1. The maximum absolute atomic E-state index is 13.3. The second-order valence-corrected chi connectivity index (χ2v) is 7.42. The molecular formula is C25H20N6O2. The Labute approximate surface area is 189 Å². The van der Waals surface area contributed by atoms with Gasteiger partial charge in [0.1, 0.15) is 6.33 Å². The van der Waals surface area contributed by atoms with Crippen molar-refractivity contribution in [3.63, 3.8) is 0 Å². The van der Waals surface area contributed by atoms with E-state index in [9.17, 15) is 9.59 Å². The predicted octanol–water partition coefficient (Wildman–Crippen LogP) is 3.92. The van der Waals surface area contributed by atoms with E-state index < -0.39 is 5.91 Å². The van der Waals surface area contributed by atoms with Crippen molar-refractivity contribution >= 4 is 22.4 Å². The Morgan fingerprint density at radius 3 is 2.48 bits per heavy atom. The fourth-order valence-electron chi connectivity index (χ4n) is 3.74. The van der Waals surface area contributed by atoms with Crippen LogP contribution < -0.4 is 10.9 Å². The summed E-state index contributed by atoms with van der Waals surface area (Å²) in [5.74, 6) is 0.305. The Bertz CT molecular complexity index is 1520. The Kier molecular flexibility index (Phi) is 5.24. The highest BCUT2D eigenvalue weighted by Gasteiger charge is 2.18. The van der Waals surface area contributed by atoms with Crippen LogP contribution in [0.15, 0.2) is 90.0 Å². The average Bonchev–Trinajstić information content (AvgIpc) is 3.34. The lowest BCUT2D eigenvalue weighted by atomic mass is 10.1. The first kappa shape index (κ1) is 20.3. The van der Waals surface area contributed by atoms with Gasteiger partial charge in [-0.3, -0.25) is 9.59 Å². The number of amides is 1. The van der Waals surface area contributed by atoms with Crippen molar-refractivity contribution < 1.29 is 4.79 Å². The van der Waals surface area contributed by atoms with Crippen molar-refractivity contribution in [2.24, 2.45) is 0 Å². The molecule has 0 atom stereocenters. The van der Waals surface area contributed by atoms with Gasteiger partial charge in [0.05, 0.1) is 11.1 Å². The van der Waals surface area contributed by atoms with E-state index in [4.69, 9.17) is 0 Å². The SMILES string of the molecule is CCn1cnnc1-c1cccc(NC(=O)c2nn(-c3ccccc3)c(=O)c3ccccc23)c1. The van der Waals surface area contributed by atoms with E-state index in [1.165, 1.54) is 4.68 Å². The molecule has 5 rings (SSSR count). The number of fused-ring (bicyclic) bond motifs is 1. The van der Waals surface area contributed by atoms with Gasteiger partial charge in [-0.1, -0.05) is 48.5 Å². The highest BCUT2D eigenvalue weighted by Crippen LogP contribution is 2.22. The largest absolute Gasteiger partial charge is 0.321 e. The van der Waals surface area contributed by atoms with Crippen LogP contribution in [0.3, 0.4) is 0 Å². The summed E-state index contributed by atoms with van der Waals surface area (Å²) in [5, 5.41) is 16.4. The third kappa shape index (κ3) is 3.78. The summed E-state index contributed by atoms with van der Waals surface area (Å²) in [4.78, 5) is 26.4. The number of anilines is 1. The molecule has 0 saturated carbocycles. The fourth-order valence-corrected chi connectivity index (χ4v) is 3.74. The van der Waals surface area contributed by atoms with Gasteiger partial charge in [-0.2, -0.15) is 9.78 Å². The molecule has 0 aliphatic rings. The van der Waals surface area contributed by atoms with Crippen molar-refractivity contribution in [3.8, 4) is 17.1 Å². The van der Waals surface area contributed by atoms with Crippen LogP contribution in [0, 0.1) is 0 Å². The van der Waals surface area contributed by atoms with Gasteiger partial charge in [0.25, 0.3) is 11.5 Å². The quantitative estimate of drug-likeness (QED) is 0.451. The number of para-hydroxylation sites is 1. The zero-order valence-electron chi connectivity index (χ0n) is 17.8. The van der Waals surface area contributed by atoms with Gasteiger partial charge in [0.15, 0.2) is 11.5 Å². The van der Waals surface area contributed by atoms with Crippen LogP contribution in [-0.4, -0.2) is 30.5 Å². The zero-order chi connectivity index (χ0) is 22.8. The summed E-state index contributed by atoms with van der Waals surface area (Å²) in [6, 6.07) is 23.4. The predicted molar refractivity (Wildman–Crippen MR) is 126 cm³/mol. The zero-order valence-corrected chi connectivity index (χ0v) is 17.8. The van der Waals surface area contributed by atoms with Crippen molar-refractivity contribution in [1.29, 1.82) is 0 Å². The van der Waals surface area contributed by atoms with Gasteiger partial charge >= 0.3 is 0 Å². The topological polar surface area (TPSA) is 94.7 Å². The number of hydrogen-bond acceptors (Lipinski definition) is 5. The number of nitrogens with one attached hydrogen (secondary N) is 1. The molecule has 0 spiro atoms. The van der Waals surface area contributed by atoms with Crippen molar-refractivity contribution in [1.82, 2.24) is 24.5 Å². The van der Waals surface area contributed by atoms with Crippen LogP contribution in [0.25, 0.3) is 27.8 Å². The van der Waals surface area contributed by atoms with E-state index in [1.54, 1.807) is 48.8 Å². The molecule has 0 fully saturated rings. The van der Waals surface area contributed by atoms with Gasteiger partial charge in [-0.05, 0) is 37.3 Å². The summed E-state index contributed by atoms with van der Waals surface area (Å²) in [6.07, 6.45) is 1.67. The molecule has 2 heterocycles. The lowest BCUT2D eigenvalue weighted by Gasteiger charge is -2.12. The van der Waals surface area contributed by atoms with Crippen LogP contribution in [0.4, 0.5) is 5.69 Å². The molecule has 2 aromatic heterocycles. The molecule has 0 aliphatic heterocycles. The number of aryl methyl sites for hydroxylation is 1. The summed E-state index contributed by atoms with van der Waals surface area (Å²) < 4.78 is 3.18. The van der Waals surface area contributed by atoms with Gasteiger partial charge in [-0.15, -0.1) is 10.2 Å². The minimum absolute atomic E-state index is 0.163. The van der Waals surface area contributed by atoms with Gasteiger partial charge in [-0.25, -0.2) is 0 Å². The molecule has 1 N–H and O–H groups in total. The molecule has 0 aliphatic carbocycles. The molecule has 3 aromatic carbocycles. The Morgan fingerprint density at radius 2 is 1.70 bits per heavy atom. The normalized spacial score (nSPS) is 10.9. The molecule has 0 saturated heterocycles. The highest BCUT2D eigenvalue weighted by molar-refractivity contribution is 6.11. The first-order valence-corrected chi connectivity index (χ1v) is 10.5. The second-order valence-electron chi connectivity index (χ2n) is 7.42. The maximum Gasteiger partial charge on any atom is 0.279 e. The third-order valence-electron chi connectivity index (χ3n) is 5.36. The monoisotopic (exact) mass is 436 g/mol. The average molecular weight is 436 g/mol. The maximum atomic E-state index is 13.3. The van der Waals surface area contributed by atoms with Crippen LogP contribution in [0.2, 0.25) is 0 Å². The molecule has 0 bridgehead atoms. The van der Waals surface area contributed by atoms with E-state index in [1.807, 2.05) is 47.9 Å². The molecule has 0 radical (unpaired) electrons. The molecular weight excluding hydrogens is 416 g/mol. The molecule has 5 aromatic rings. The number of nitrogens with zero attached hydrogens (tertiary/aromatic N) is 5. The van der Waals surface area contributed by atoms with Crippen LogP contribution >= 0.6 is 0 Å². The third-order valence-corrected chi connectivity index (χ3v) is 5.36. The first-order chi connectivity index (χ1) is 16.2. The number of hydrogen-bond donors (Lipinski definition) is 1. The molecule has 162 valence electrons. The number of carbonyl (C=O) groups is 1. The van der Waals surface area contributed by atoms with Crippen molar-refractivity contribution in [2.75, 3.05) is 5.32 Å². The summed E-state index contributed by atoms with van der Waals surface area (Å²) >= 11 is 0. The summed E-state index contributed by atoms with van der Waals surface area (Å²) in [5.41, 5.74) is 1.89. The fraction of sp³-hybridized carbons (Fsp3) is 0.0800. The van der Waals surface area contributed by atoms with E-state index in [0.717, 1.165) is 17.9 Å². The number of rotatable bonds is 5. The Morgan fingerprint density at radius 1 is 0.939 bits per heavy atom. The minimum Gasteiger partial charge on any atom is -0.321 e. The smallest absolute Gasteiger partial charge is 0.279 e. The van der Waals surface area contributed by atoms with Gasteiger partial charge in [0.2, 0.25) is 0 Å². The van der Waals surface area contributed by atoms with Crippen LogP contribution in [0.1, 0.15) is 17.4 Å². The standard InChI is InChI=1S/C25H20N6O2/c1-2-30-16-26-28-23(30)17-9-8-10-18(15-17)27-24(32)22-20-13-6-7-14-21(20)25(33)31(29-22)19-11-4-3-5-12-19/h3-16H,2H2,1H3,(H,27,32). The van der Waals surface area contributed by atoms with E-state index >= 15 is 0 Å². The molecule has 0 unspecified atom stereocenters. The molecule has 8 heteroatoms. The van der Waals surface area contributed by atoms with Crippen LogP contribution in [0.5, 0.6) is 0 Å². The van der Waals surface area contributed by atoms with Crippen LogP contribution in [-0.2, 0) is 6.54 Å². The summed E-state index contributed by atoms with van der Waals surface area (Å²) in [7, 11) is 0. The molecule has 1 amide bonds. The van der Waals surface area contributed by atoms with Gasteiger partial charge < -0.3 is 9.88 Å². The Balaban J connectivity index is 1.56. The highest BCUT2D eigenvalue weighted by atomic mass is 16.2. The van der Waals surface area contributed by atoms with E-state index in [-0.39, 0.29) is 11.3 Å². The lowest BCUT2D eigenvalue weighted by molar-refractivity contribution is 0.102.